The second-order valence-electron chi connectivity index (χ2n) is 5.13. The molecule has 0 aromatic heterocycles. The lowest BCUT2D eigenvalue weighted by Crippen LogP contribution is -2.46. The van der Waals surface area contributed by atoms with Crippen molar-refractivity contribution in [2.24, 2.45) is 5.73 Å². The molecule has 1 aromatic carbocycles. The normalized spacial score (nSPS) is 18.8. The predicted molar refractivity (Wildman–Crippen MR) is 71.1 cm³/mol. The Kier molecular flexibility index (Phi) is 4.60. The van der Waals surface area contributed by atoms with Gasteiger partial charge in [-0.1, -0.05) is 43.0 Å². The summed E-state index contributed by atoms with van der Waals surface area (Å²) in [7, 11) is 0. The van der Waals surface area contributed by atoms with E-state index in [9.17, 15) is 4.39 Å². The van der Waals surface area contributed by atoms with Crippen LogP contribution < -0.4 is 5.73 Å². The maximum absolute atomic E-state index is 13.6. The van der Waals surface area contributed by atoms with Crippen molar-refractivity contribution in [3.63, 3.8) is 0 Å². The molecule has 0 saturated heterocycles. The summed E-state index contributed by atoms with van der Waals surface area (Å²) in [6, 6.07) is 4.94. The molecule has 2 N–H and O–H groups in total. The molecule has 0 spiro atoms. The largest absolute Gasteiger partial charge is 0.375 e. The smallest absolute Gasteiger partial charge is 0.147 e. The van der Waals surface area contributed by atoms with Crippen LogP contribution >= 0.6 is 11.6 Å². The van der Waals surface area contributed by atoms with Crippen LogP contribution in [0.4, 0.5) is 4.39 Å². The Morgan fingerprint density at radius 3 is 2.72 bits per heavy atom. The number of hydrogen-bond acceptors (Lipinski definition) is 2. The van der Waals surface area contributed by atoms with Gasteiger partial charge in [0, 0.05) is 11.1 Å². The predicted octanol–water partition coefficient (Wildman–Crippen LogP) is 3.66. The van der Waals surface area contributed by atoms with Gasteiger partial charge in [-0.15, -0.1) is 0 Å². The minimum atomic E-state index is -0.395. The zero-order valence-corrected chi connectivity index (χ0v) is 11.2. The summed E-state index contributed by atoms with van der Waals surface area (Å²) >= 11 is 5.71. The van der Waals surface area contributed by atoms with Gasteiger partial charge >= 0.3 is 0 Å². The van der Waals surface area contributed by atoms with Crippen molar-refractivity contribution in [1.29, 1.82) is 0 Å². The summed E-state index contributed by atoms with van der Waals surface area (Å²) in [6.45, 7) is 0.713. The van der Waals surface area contributed by atoms with Gasteiger partial charge in [-0.3, -0.25) is 0 Å². The highest BCUT2D eigenvalue weighted by Crippen LogP contribution is 2.26. The van der Waals surface area contributed by atoms with Crippen molar-refractivity contribution in [2.45, 2.75) is 44.2 Å². The van der Waals surface area contributed by atoms with Gasteiger partial charge in [0.25, 0.3) is 0 Å². The zero-order valence-electron chi connectivity index (χ0n) is 10.4. The van der Waals surface area contributed by atoms with Gasteiger partial charge in [0.05, 0.1) is 18.2 Å². The highest BCUT2D eigenvalue weighted by Gasteiger charge is 2.27. The Morgan fingerprint density at radius 2 is 2.00 bits per heavy atom. The minimum absolute atomic E-state index is 0.135. The molecule has 4 heteroatoms. The van der Waals surface area contributed by atoms with Gasteiger partial charge in [-0.25, -0.2) is 4.39 Å². The van der Waals surface area contributed by atoms with Crippen molar-refractivity contribution in [1.82, 2.24) is 0 Å². The molecule has 0 amide bonds. The van der Waals surface area contributed by atoms with Crippen LogP contribution in [0.3, 0.4) is 0 Å². The van der Waals surface area contributed by atoms with E-state index in [1.807, 2.05) is 0 Å². The van der Waals surface area contributed by atoms with E-state index in [4.69, 9.17) is 22.1 Å². The van der Waals surface area contributed by atoms with E-state index >= 15 is 0 Å². The van der Waals surface area contributed by atoms with E-state index in [1.165, 1.54) is 12.5 Å². The van der Waals surface area contributed by atoms with E-state index in [-0.39, 0.29) is 17.2 Å². The van der Waals surface area contributed by atoms with Crippen LogP contribution in [-0.2, 0) is 11.3 Å². The first kappa shape index (κ1) is 13.8. The third-order valence-electron chi connectivity index (χ3n) is 3.53. The molecule has 2 rings (SSSR count). The van der Waals surface area contributed by atoms with Crippen molar-refractivity contribution in [2.75, 3.05) is 6.61 Å². The number of benzene rings is 1. The fourth-order valence-electron chi connectivity index (χ4n) is 2.42. The average Bonchev–Trinajstić information content (AvgIpc) is 2.35. The molecule has 0 heterocycles. The number of rotatable bonds is 4. The molecule has 1 aromatic rings. The topological polar surface area (TPSA) is 35.2 Å². The molecule has 2 nitrogen and oxygen atoms in total. The molecule has 100 valence electrons. The summed E-state index contributed by atoms with van der Waals surface area (Å²) in [4.78, 5) is 0. The first-order valence-electron chi connectivity index (χ1n) is 6.40. The van der Waals surface area contributed by atoms with Crippen LogP contribution in [0, 0.1) is 5.82 Å². The summed E-state index contributed by atoms with van der Waals surface area (Å²) in [5.74, 6) is -0.395. The lowest BCUT2D eigenvalue weighted by molar-refractivity contribution is 0.0561. The Labute approximate surface area is 112 Å². The van der Waals surface area contributed by atoms with Crippen LogP contribution in [0.2, 0.25) is 5.02 Å². The molecule has 0 bridgehead atoms. The monoisotopic (exact) mass is 271 g/mol. The SMILES string of the molecule is NC1(COCc2cccc(Cl)c2F)CCCCC1. The second kappa shape index (κ2) is 6.00. The van der Waals surface area contributed by atoms with E-state index in [1.54, 1.807) is 12.1 Å². The Hall–Kier alpha value is -0.640. The molecule has 1 fully saturated rings. The number of hydrogen-bond donors (Lipinski definition) is 1. The summed E-state index contributed by atoms with van der Waals surface area (Å²) in [6.07, 6.45) is 5.55. The van der Waals surface area contributed by atoms with Gasteiger partial charge < -0.3 is 10.5 Å². The molecule has 0 radical (unpaired) electrons. The molecule has 1 saturated carbocycles. The first-order valence-corrected chi connectivity index (χ1v) is 6.78. The van der Waals surface area contributed by atoms with Crippen molar-refractivity contribution in [3.8, 4) is 0 Å². The number of ether oxygens (including phenoxy) is 1. The van der Waals surface area contributed by atoms with E-state index in [2.05, 4.69) is 0 Å². The fourth-order valence-corrected chi connectivity index (χ4v) is 2.62. The van der Waals surface area contributed by atoms with Crippen LogP contribution in [0.25, 0.3) is 0 Å². The quantitative estimate of drug-likeness (QED) is 0.907. The third kappa shape index (κ3) is 3.44. The number of halogens is 2. The molecular weight excluding hydrogens is 253 g/mol. The molecule has 0 aliphatic heterocycles. The molecule has 1 aliphatic carbocycles. The van der Waals surface area contributed by atoms with E-state index in [0.29, 0.717) is 12.2 Å². The molecule has 1 aliphatic rings. The maximum Gasteiger partial charge on any atom is 0.147 e. The molecule has 18 heavy (non-hydrogen) atoms. The van der Waals surface area contributed by atoms with Crippen molar-refractivity contribution >= 4 is 11.6 Å². The van der Waals surface area contributed by atoms with Crippen molar-refractivity contribution < 1.29 is 9.13 Å². The lowest BCUT2D eigenvalue weighted by Gasteiger charge is -2.33. The van der Waals surface area contributed by atoms with Gasteiger partial charge in [-0.2, -0.15) is 0 Å². The van der Waals surface area contributed by atoms with Crippen LogP contribution in [0.1, 0.15) is 37.7 Å². The highest BCUT2D eigenvalue weighted by molar-refractivity contribution is 6.30. The molecule has 0 atom stereocenters. The minimum Gasteiger partial charge on any atom is -0.375 e. The van der Waals surface area contributed by atoms with Crippen LogP contribution in [0.15, 0.2) is 18.2 Å². The standard InChI is InChI=1S/C14H19ClFNO/c15-12-6-4-5-11(13(12)16)9-18-10-14(17)7-2-1-3-8-14/h4-6H,1-3,7-10,17H2. The summed E-state index contributed by atoms with van der Waals surface area (Å²) in [5.41, 5.74) is 6.51. The third-order valence-corrected chi connectivity index (χ3v) is 3.82. The summed E-state index contributed by atoms with van der Waals surface area (Å²) in [5, 5.41) is 0.135. The fraction of sp³-hybridized carbons (Fsp3) is 0.571. The average molecular weight is 272 g/mol. The first-order chi connectivity index (χ1) is 8.61. The van der Waals surface area contributed by atoms with Gasteiger partial charge in [0.2, 0.25) is 0 Å². The van der Waals surface area contributed by atoms with E-state index in [0.717, 1.165) is 25.7 Å². The lowest BCUT2D eigenvalue weighted by atomic mass is 9.83. The molecule has 0 unspecified atom stereocenters. The second-order valence-corrected chi connectivity index (χ2v) is 5.54. The Balaban J connectivity index is 1.86. The highest BCUT2D eigenvalue weighted by atomic mass is 35.5. The molecular formula is C14H19ClFNO. The summed E-state index contributed by atoms with van der Waals surface area (Å²) < 4.78 is 19.2. The van der Waals surface area contributed by atoms with E-state index < -0.39 is 5.82 Å². The van der Waals surface area contributed by atoms with Gasteiger partial charge in [0.15, 0.2) is 0 Å². The van der Waals surface area contributed by atoms with Crippen molar-refractivity contribution in [3.05, 3.63) is 34.6 Å². The Morgan fingerprint density at radius 1 is 1.28 bits per heavy atom. The van der Waals surface area contributed by atoms with Gasteiger partial charge in [-0.05, 0) is 18.9 Å². The zero-order chi connectivity index (χ0) is 13.0. The maximum atomic E-state index is 13.6. The Bertz CT molecular complexity index is 405. The van der Waals surface area contributed by atoms with Crippen LogP contribution in [0.5, 0.6) is 0 Å². The van der Waals surface area contributed by atoms with Gasteiger partial charge in [0.1, 0.15) is 5.82 Å². The van der Waals surface area contributed by atoms with Crippen LogP contribution in [-0.4, -0.2) is 12.1 Å². The number of nitrogens with two attached hydrogens (primary N) is 1.